The van der Waals surface area contributed by atoms with Crippen LogP contribution in [0.1, 0.15) is 112 Å². The Kier molecular flexibility index (Phi) is 10.4. The van der Waals surface area contributed by atoms with Gasteiger partial charge in [-0.15, -0.1) is 0 Å². The van der Waals surface area contributed by atoms with E-state index in [-0.39, 0.29) is 11.5 Å². The standard InChI is InChI=1S/C66H67N5/c1-38(2)47-32-48(63-68-65(11)37-49-29-42(8)43(9)31-57(49)66(65,12)71(63)62-51(39(3)4)20-16-21-52(62)40(5)6)34-50(33-47)69-58-25-23-41(7)28-54(58)55-30-44(10)60(36-61(55)69)70-59-26-24-46(45-18-14-13-15-19-45)35-56(59)53-22-17-27-67-64(53)70/h13-20,22-36,38-40,52H,21,37H2,1-12H3/t52-,65-,66+/m1/s1. The predicted octanol–water partition coefficient (Wildman–Crippen LogP) is 16.7. The van der Waals surface area contributed by atoms with Crippen molar-refractivity contribution < 1.29 is 0 Å². The van der Waals surface area contributed by atoms with Crippen molar-refractivity contribution in [2.45, 2.75) is 113 Å². The minimum Gasteiger partial charge on any atom is -0.317 e. The van der Waals surface area contributed by atoms with E-state index in [9.17, 15) is 0 Å². The molecule has 3 aromatic heterocycles. The largest absolute Gasteiger partial charge is 0.317 e. The van der Waals surface area contributed by atoms with E-state index in [0.717, 1.165) is 46.6 Å². The highest BCUT2D eigenvalue weighted by Crippen LogP contribution is 2.59. The number of nitrogens with zero attached hydrogens (tertiary/aromatic N) is 5. The Morgan fingerprint density at radius 3 is 2.10 bits per heavy atom. The summed E-state index contributed by atoms with van der Waals surface area (Å²) in [6, 6.07) is 46.1. The molecule has 9 aromatic rings. The number of amidine groups is 1. The van der Waals surface area contributed by atoms with Gasteiger partial charge in [0.2, 0.25) is 0 Å². The molecule has 3 atom stereocenters. The summed E-state index contributed by atoms with van der Waals surface area (Å²) in [5.74, 6) is 2.54. The lowest BCUT2D eigenvalue weighted by molar-refractivity contribution is 0.152. The first-order valence-corrected chi connectivity index (χ1v) is 26.1. The van der Waals surface area contributed by atoms with Crippen LogP contribution in [0, 0.1) is 45.4 Å². The molecule has 71 heavy (non-hydrogen) atoms. The lowest BCUT2D eigenvalue weighted by atomic mass is 9.75. The molecule has 6 aromatic carbocycles. The van der Waals surface area contributed by atoms with Crippen LogP contribution >= 0.6 is 0 Å². The van der Waals surface area contributed by atoms with Crippen LogP contribution in [-0.2, 0) is 12.0 Å². The second-order valence-electron chi connectivity index (χ2n) is 22.7. The van der Waals surface area contributed by atoms with Crippen molar-refractivity contribution in [2.24, 2.45) is 22.7 Å². The van der Waals surface area contributed by atoms with Gasteiger partial charge >= 0.3 is 0 Å². The van der Waals surface area contributed by atoms with Gasteiger partial charge in [-0.25, -0.2) is 4.98 Å². The van der Waals surface area contributed by atoms with E-state index < -0.39 is 5.54 Å². The fourth-order valence-electron chi connectivity index (χ4n) is 12.9. The minimum absolute atomic E-state index is 0.283. The van der Waals surface area contributed by atoms with Gasteiger partial charge in [-0.05, 0) is 183 Å². The molecule has 0 bridgehead atoms. The average molecular weight is 930 g/mol. The first kappa shape index (κ1) is 45.2. The maximum atomic E-state index is 6.11. The number of hydrogen-bond acceptors (Lipinski definition) is 3. The normalized spacial score (nSPS) is 20.0. The van der Waals surface area contributed by atoms with Gasteiger partial charge in [-0.1, -0.05) is 114 Å². The third-order valence-corrected chi connectivity index (χ3v) is 17.1. The van der Waals surface area contributed by atoms with Gasteiger partial charge in [0.15, 0.2) is 0 Å². The van der Waals surface area contributed by atoms with E-state index in [1.54, 1.807) is 0 Å². The smallest absolute Gasteiger partial charge is 0.145 e. The highest BCUT2D eigenvalue weighted by molar-refractivity contribution is 6.13. The quantitative estimate of drug-likeness (QED) is 0.152. The third-order valence-electron chi connectivity index (χ3n) is 17.1. The number of aromatic nitrogens is 3. The van der Waals surface area contributed by atoms with Gasteiger partial charge in [0, 0.05) is 57.0 Å². The van der Waals surface area contributed by atoms with Crippen LogP contribution in [0.4, 0.5) is 0 Å². The Morgan fingerprint density at radius 1 is 0.606 bits per heavy atom. The van der Waals surface area contributed by atoms with Gasteiger partial charge in [0.05, 0.1) is 33.3 Å². The lowest BCUT2D eigenvalue weighted by Crippen LogP contribution is -2.53. The summed E-state index contributed by atoms with van der Waals surface area (Å²) >= 11 is 0. The molecule has 0 radical (unpaired) electrons. The Bertz CT molecular complexity index is 3780. The van der Waals surface area contributed by atoms with Crippen molar-refractivity contribution in [1.82, 2.24) is 19.0 Å². The summed E-state index contributed by atoms with van der Waals surface area (Å²) in [5, 5.41) is 4.86. The molecule has 0 N–H and O–H groups in total. The number of fused-ring (bicyclic) bond motifs is 9. The van der Waals surface area contributed by atoms with E-state index in [1.165, 1.54) is 94.1 Å². The molecule has 356 valence electrons. The summed E-state index contributed by atoms with van der Waals surface area (Å²) in [4.78, 5) is 14.0. The van der Waals surface area contributed by atoms with Crippen molar-refractivity contribution in [3.05, 3.63) is 195 Å². The van der Waals surface area contributed by atoms with Gasteiger partial charge < -0.3 is 9.47 Å². The van der Waals surface area contributed by atoms with Gasteiger partial charge in [0.1, 0.15) is 11.5 Å². The number of aryl methyl sites for hydroxylation is 4. The second kappa shape index (κ2) is 16.3. The number of hydrogen-bond donors (Lipinski definition) is 0. The van der Waals surface area contributed by atoms with E-state index in [0.29, 0.717) is 17.8 Å². The molecular formula is C66H67N5. The fourth-order valence-corrected chi connectivity index (χ4v) is 12.9. The zero-order chi connectivity index (χ0) is 49.4. The molecule has 12 rings (SSSR count). The number of aliphatic imine (C=N–C) groups is 1. The summed E-state index contributed by atoms with van der Waals surface area (Å²) in [5.41, 5.74) is 21.8. The number of pyridine rings is 1. The average Bonchev–Trinajstić information content (AvgIpc) is 3.99. The van der Waals surface area contributed by atoms with E-state index in [4.69, 9.17) is 9.98 Å². The molecule has 0 unspecified atom stereocenters. The topological polar surface area (TPSA) is 38.4 Å². The summed E-state index contributed by atoms with van der Waals surface area (Å²) in [7, 11) is 0. The lowest BCUT2D eigenvalue weighted by Gasteiger charge is -2.47. The molecule has 2 aliphatic carbocycles. The Labute approximate surface area is 420 Å². The van der Waals surface area contributed by atoms with E-state index >= 15 is 0 Å². The monoisotopic (exact) mass is 930 g/mol. The van der Waals surface area contributed by atoms with Crippen LogP contribution in [0.2, 0.25) is 0 Å². The van der Waals surface area contributed by atoms with Crippen molar-refractivity contribution in [2.75, 3.05) is 0 Å². The van der Waals surface area contributed by atoms with Crippen LogP contribution in [-0.4, -0.2) is 30.4 Å². The van der Waals surface area contributed by atoms with E-state index in [1.807, 2.05) is 6.20 Å². The Hall–Kier alpha value is -6.98. The van der Waals surface area contributed by atoms with E-state index in [2.05, 4.69) is 231 Å². The van der Waals surface area contributed by atoms with Crippen molar-refractivity contribution in [3.8, 4) is 22.5 Å². The molecule has 1 aliphatic heterocycles. The number of benzene rings is 6. The van der Waals surface area contributed by atoms with Crippen molar-refractivity contribution >= 4 is 49.6 Å². The zero-order valence-electron chi connectivity index (χ0n) is 43.7. The predicted molar refractivity (Wildman–Crippen MR) is 300 cm³/mol. The maximum absolute atomic E-state index is 6.11. The summed E-state index contributed by atoms with van der Waals surface area (Å²) in [6.45, 7) is 28.3. The molecule has 5 heteroatoms. The maximum Gasteiger partial charge on any atom is 0.145 e. The number of allylic oxidation sites excluding steroid dienone is 4. The first-order valence-electron chi connectivity index (χ1n) is 26.1. The van der Waals surface area contributed by atoms with Gasteiger partial charge in [-0.2, -0.15) is 0 Å². The molecule has 4 heterocycles. The van der Waals surface area contributed by atoms with Gasteiger partial charge in [-0.3, -0.25) is 9.56 Å². The fraction of sp³-hybridized carbons (Fsp3) is 0.303. The Morgan fingerprint density at radius 2 is 1.34 bits per heavy atom. The van der Waals surface area contributed by atoms with Crippen LogP contribution < -0.4 is 0 Å². The molecule has 0 amide bonds. The number of rotatable bonds is 8. The first-order chi connectivity index (χ1) is 34.1. The van der Waals surface area contributed by atoms with Gasteiger partial charge in [0.25, 0.3) is 0 Å². The highest BCUT2D eigenvalue weighted by atomic mass is 15.4. The Balaban J connectivity index is 1.12. The van der Waals surface area contributed by atoms with Crippen LogP contribution in [0.15, 0.2) is 156 Å². The van der Waals surface area contributed by atoms with Crippen LogP contribution in [0.5, 0.6) is 0 Å². The molecule has 0 saturated heterocycles. The van der Waals surface area contributed by atoms with Crippen LogP contribution in [0.25, 0.3) is 66.2 Å². The third kappa shape index (κ3) is 6.71. The zero-order valence-corrected chi connectivity index (χ0v) is 43.7. The molecule has 0 spiro atoms. The molecule has 3 aliphatic rings. The van der Waals surface area contributed by atoms with Crippen molar-refractivity contribution in [3.63, 3.8) is 0 Å². The highest BCUT2D eigenvalue weighted by Gasteiger charge is 2.62. The second-order valence-corrected chi connectivity index (χ2v) is 22.7. The van der Waals surface area contributed by atoms with Crippen molar-refractivity contribution in [1.29, 1.82) is 0 Å². The molecular weight excluding hydrogens is 863 g/mol. The minimum atomic E-state index is -0.396. The molecule has 5 nitrogen and oxygen atoms in total. The molecule has 0 fully saturated rings. The van der Waals surface area contributed by atoms with Crippen LogP contribution in [0.3, 0.4) is 0 Å². The summed E-state index contributed by atoms with van der Waals surface area (Å²) in [6.07, 6.45) is 8.73. The SMILES string of the molecule is Cc1ccc2c(c1)c1cc(C)c(-n3c4ccc(-c5ccccc5)cc4c4cccnc43)cc1n2-c1cc(C2=N[C@]3(C)Cc4cc(C)c(C)cc4[C@]3(C)N2C2=C(C(C)C)C=CC[C@@H]2C(C)C)cc(C(C)C)c1. The molecule has 0 saturated carbocycles. The summed E-state index contributed by atoms with van der Waals surface area (Å²) < 4.78 is 4.94.